The first-order chi connectivity index (χ1) is 20.5. The Kier molecular flexibility index (Phi) is 7.86. The molecule has 2 heterocycles. The molecule has 0 bridgehead atoms. The summed E-state index contributed by atoms with van der Waals surface area (Å²) in [6.45, 7) is 3.99. The molecule has 5 aromatic rings. The van der Waals surface area contributed by atoms with E-state index in [1.165, 1.54) is 12.8 Å². The zero-order valence-corrected chi connectivity index (χ0v) is 23.9. The van der Waals surface area contributed by atoms with E-state index in [4.69, 9.17) is 14.2 Å². The lowest BCUT2D eigenvalue weighted by atomic mass is 9.96. The Morgan fingerprint density at radius 3 is 2.33 bits per heavy atom. The number of aryl methyl sites for hydroxylation is 2. The first kappa shape index (κ1) is 27.4. The fourth-order valence-corrected chi connectivity index (χ4v) is 5.81. The van der Waals surface area contributed by atoms with E-state index in [1.54, 1.807) is 4.57 Å². The zero-order valence-electron chi connectivity index (χ0n) is 23.9. The normalized spacial score (nSPS) is 13.5. The summed E-state index contributed by atoms with van der Waals surface area (Å²) in [5.74, 6) is 1.30. The predicted octanol–water partition coefficient (Wildman–Crippen LogP) is 6.42. The number of rotatable bonds is 9. The van der Waals surface area contributed by atoms with Crippen molar-refractivity contribution in [2.45, 2.75) is 64.9 Å². The minimum Gasteiger partial charge on any atom is -0.490 e. The van der Waals surface area contributed by atoms with Crippen LogP contribution in [0.3, 0.4) is 0 Å². The molecule has 0 radical (unpaired) electrons. The SMILES string of the molecule is CCCc1nc(C)n(-c2ccc(OC3CCCC3)cc2)c(=O)c1Cc1ccc(-c2ccccc2-c2noc(=O)[nH]2)cc1. The quantitative estimate of drug-likeness (QED) is 0.223. The molecule has 3 aromatic carbocycles. The molecule has 8 nitrogen and oxygen atoms in total. The lowest BCUT2D eigenvalue weighted by molar-refractivity contribution is 0.210. The summed E-state index contributed by atoms with van der Waals surface area (Å²) in [5, 5.41) is 3.86. The first-order valence-electron chi connectivity index (χ1n) is 14.6. The molecule has 0 saturated heterocycles. The van der Waals surface area contributed by atoms with Gasteiger partial charge in [0.1, 0.15) is 11.6 Å². The number of hydrogen-bond acceptors (Lipinski definition) is 6. The number of aromatic nitrogens is 4. The lowest BCUT2D eigenvalue weighted by Crippen LogP contribution is -2.28. The number of ether oxygens (including phenoxy) is 1. The van der Waals surface area contributed by atoms with Gasteiger partial charge >= 0.3 is 5.76 Å². The molecular formula is C34H34N4O4. The second-order valence-electron chi connectivity index (χ2n) is 10.9. The minimum absolute atomic E-state index is 0.0418. The smallest absolute Gasteiger partial charge is 0.439 e. The van der Waals surface area contributed by atoms with E-state index in [2.05, 4.69) is 17.1 Å². The van der Waals surface area contributed by atoms with Gasteiger partial charge in [-0.1, -0.05) is 67.0 Å². The Morgan fingerprint density at radius 2 is 1.67 bits per heavy atom. The molecule has 1 aliphatic rings. The second-order valence-corrected chi connectivity index (χ2v) is 10.9. The van der Waals surface area contributed by atoms with Crippen LogP contribution in [0.25, 0.3) is 28.2 Å². The lowest BCUT2D eigenvalue weighted by Gasteiger charge is -2.17. The van der Waals surface area contributed by atoms with Crippen molar-refractivity contribution in [1.82, 2.24) is 19.7 Å². The third-order valence-electron chi connectivity index (χ3n) is 7.88. The van der Waals surface area contributed by atoms with Gasteiger partial charge in [-0.05, 0) is 80.0 Å². The second kappa shape index (κ2) is 12.0. The van der Waals surface area contributed by atoms with Crippen LogP contribution >= 0.6 is 0 Å². The van der Waals surface area contributed by atoms with Crippen LogP contribution in [-0.2, 0) is 12.8 Å². The van der Waals surface area contributed by atoms with E-state index in [-0.39, 0.29) is 11.7 Å². The maximum Gasteiger partial charge on any atom is 0.439 e. The van der Waals surface area contributed by atoms with Crippen LogP contribution in [0.15, 0.2) is 86.9 Å². The van der Waals surface area contributed by atoms with Gasteiger partial charge in [-0.3, -0.25) is 18.9 Å². The number of benzene rings is 3. The summed E-state index contributed by atoms with van der Waals surface area (Å²) in [6.07, 6.45) is 7.03. The molecule has 0 unspecified atom stereocenters. The Labute approximate surface area is 244 Å². The molecule has 1 fully saturated rings. The maximum atomic E-state index is 14.0. The van der Waals surface area contributed by atoms with Gasteiger partial charge in [0.05, 0.1) is 17.5 Å². The van der Waals surface area contributed by atoms with Gasteiger partial charge in [-0.2, -0.15) is 0 Å². The fraction of sp³-hybridized carbons (Fsp3) is 0.294. The third-order valence-corrected chi connectivity index (χ3v) is 7.88. The van der Waals surface area contributed by atoms with Gasteiger partial charge in [0.15, 0.2) is 5.82 Å². The Morgan fingerprint density at radius 1 is 0.952 bits per heavy atom. The molecule has 2 aromatic heterocycles. The molecule has 1 saturated carbocycles. The van der Waals surface area contributed by atoms with Crippen molar-refractivity contribution < 1.29 is 9.26 Å². The monoisotopic (exact) mass is 562 g/mol. The van der Waals surface area contributed by atoms with Crippen LogP contribution in [-0.4, -0.2) is 25.8 Å². The fourth-order valence-electron chi connectivity index (χ4n) is 5.81. The highest BCUT2D eigenvalue weighted by Crippen LogP contribution is 2.30. The highest BCUT2D eigenvalue weighted by molar-refractivity contribution is 5.80. The van der Waals surface area contributed by atoms with Gasteiger partial charge in [0.2, 0.25) is 0 Å². The largest absolute Gasteiger partial charge is 0.490 e. The van der Waals surface area contributed by atoms with E-state index in [0.29, 0.717) is 23.6 Å². The van der Waals surface area contributed by atoms with Crippen LogP contribution in [0.1, 0.15) is 61.7 Å². The van der Waals surface area contributed by atoms with Crippen molar-refractivity contribution in [1.29, 1.82) is 0 Å². The van der Waals surface area contributed by atoms with Crippen LogP contribution in [0.4, 0.5) is 0 Å². The summed E-state index contributed by atoms with van der Waals surface area (Å²) in [6, 6.07) is 23.6. The number of nitrogens with one attached hydrogen (secondary N) is 1. The van der Waals surface area contributed by atoms with Crippen LogP contribution in [0, 0.1) is 6.92 Å². The van der Waals surface area contributed by atoms with Crippen LogP contribution in [0.2, 0.25) is 0 Å². The summed E-state index contributed by atoms with van der Waals surface area (Å²) >= 11 is 0. The van der Waals surface area contributed by atoms with Crippen LogP contribution < -0.4 is 16.1 Å². The Bertz CT molecular complexity index is 1790. The standard InChI is InChI=1S/C34H34N4O4/c1-3-8-31-30(33(39)38(22(2)35-31)25-17-19-27(20-18-25)41-26-9-4-5-10-26)21-23-13-15-24(16-14-23)28-11-6-7-12-29(28)32-36-34(40)42-37-32/h6-7,11-20,26H,3-5,8-10,21H2,1-2H3,(H,36,37,40). The molecule has 6 rings (SSSR count). The van der Waals surface area contributed by atoms with Gasteiger partial charge < -0.3 is 4.74 Å². The number of aromatic amines is 1. The van der Waals surface area contributed by atoms with Gasteiger partial charge in [0, 0.05) is 17.5 Å². The van der Waals surface area contributed by atoms with Crippen molar-refractivity contribution in [3.63, 3.8) is 0 Å². The van der Waals surface area contributed by atoms with E-state index < -0.39 is 5.76 Å². The van der Waals surface area contributed by atoms with Gasteiger partial charge in [0.25, 0.3) is 5.56 Å². The molecule has 0 spiro atoms. The summed E-state index contributed by atoms with van der Waals surface area (Å²) in [4.78, 5) is 33.0. The predicted molar refractivity (Wildman–Crippen MR) is 162 cm³/mol. The Balaban J connectivity index is 1.30. The van der Waals surface area contributed by atoms with Crippen LogP contribution in [0.5, 0.6) is 5.75 Å². The average Bonchev–Trinajstić information content (AvgIpc) is 3.68. The molecule has 42 heavy (non-hydrogen) atoms. The zero-order chi connectivity index (χ0) is 29.1. The molecule has 8 heteroatoms. The number of hydrogen-bond donors (Lipinski definition) is 1. The molecule has 0 amide bonds. The highest BCUT2D eigenvalue weighted by Gasteiger charge is 2.19. The minimum atomic E-state index is -0.594. The number of H-pyrrole nitrogens is 1. The van der Waals surface area contributed by atoms with Crippen molar-refractivity contribution >= 4 is 0 Å². The third kappa shape index (κ3) is 5.70. The average molecular weight is 563 g/mol. The summed E-state index contributed by atoms with van der Waals surface area (Å²) in [5.41, 5.74) is 5.96. The van der Waals surface area contributed by atoms with E-state index in [9.17, 15) is 9.59 Å². The first-order valence-corrected chi connectivity index (χ1v) is 14.6. The molecule has 1 aliphatic carbocycles. The van der Waals surface area contributed by atoms with Gasteiger partial charge in [-0.15, -0.1) is 0 Å². The van der Waals surface area contributed by atoms with E-state index >= 15 is 0 Å². The van der Waals surface area contributed by atoms with Gasteiger partial charge in [-0.25, -0.2) is 9.78 Å². The topological polar surface area (TPSA) is 103 Å². The number of nitrogens with zero attached hydrogens (tertiary/aromatic N) is 3. The molecule has 214 valence electrons. The Hall–Kier alpha value is -4.72. The van der Waals surface area contributed by atoms with E-state index in [0.717, 1.165) is 65.1 Å². The van der Waals surface area contributed by atoms with E-state index in [1.807, 2.05) is 79.7 Å². The molecule has 0 aliphatic heterocycles. The molecule has 0 atom stereocenters. The van der Waals surface area contributed by atoms with Crippen molar-refractivity contribution in [3.05, 3.63) is 116 Å². The maximum absolute atomic E-state index is 14.0. The van der Waals surface area contributed by atoms with Crippen molar-refractivity contribution in [2.24, 2.45) is 0 Å². The van der Waals surface area contributed by atoms with Crippen molar-refractivity contribution in [3.8, 4) is 34.0 Å². The summed E-state index contributed by atoms with van der Waals surface area (Å²) in [7, 11) is 0. The molecule has 1 N–H and O–H groups in total. The highest BCUT2D eigenvalue weighted by atomic mass is 16.5. The van der Waals surface area contributed by atoms with Crippen molar-refractivity contribution in [2.75, 3.05) is 0 Å². The summed E-state index contributed by atoms with van der Waals surface area (Å²) < 4.78 is 12.5. The molecular weight excluding hydrogens is 528 g/mol.